The first-order valence-electron chi connectivity index (χ1n) is 4.24. The normalized spacial score (nSPS) is 10.0. The molecule has 0 atom stereocenters. The first-order valence-corrected chi connectivity index (χ1v) is 4.24. The van der Waals surface area contributed by atoms with E-state index < -0.39 is 0 Å². The van der Waals surface area contributed by atoms with Gasteiger partial charge in [-0.2, -0.15) is 0 Å². The van der Waals surface area contributed by atoms with Gasteiger partial charge in [0.25, 0.3) is 0 Å². The van der Waals surface area contributed by atoms with E-state index in [1.165, 1.54) is 11.1 Å². The third-order valence-corrected chi connectivity index (χ3v) is 1.95. The fourth-order valence-corrected chi connectivity index (χ4v) is 1.34. The minimum Gasteiger partial charge on any atom is -0.0620 e. The summed E-state index contributed by atoms with van der Waals surface area (Å²) in [6.45, 7) is 6.05. The van der Waals surface area contributed by atoms with Crippen molar-refractivity contribution < 1.29 is 0 Å². The van der Waals surface area contributed by atoms with Gasteiger partial charge in [-0.25, -0.2) is 0 Å². The van der Waals surface area contributed by atoms with Crippen LogP contribution < -0.4 is 0 Å². The lowest BCUT2D eigenvalue weighted by molar-refractivity contribution is 0.959. The van der Waals surface area contributed by atoms with Crippen LogP contribution in [0.3, 0.4) is 0 Å². The molecule has 1 aromatic carbocycles. The van der Waals surface area contributed by atoms with E-state index in [1.807, 2.05) is 0 Å². The average molecular weight is 147 g/mol. The second-order valence-corrected chi connectivity index (χ2v) is 2.73. The molecule has 0 heterocycles. The zero-order chi connectivity index (χ0) is 8.10. The van der Waals surface area contributed by atoms with Gasteiger partial charge >= 0.3 is 0 Å². The molecule has 0 aromatic heterocycles. The summed E-state index contributed by atoms with van der Waals surface area (Å²) in [7, 11) is 0. The Bertz CT molecular complexity index is 213. The van der Waals surface area contributed by atoms with Crippen molar-refractivity contribution in [2.45, 2.75) is 26.2 Å². The molecule has 0 saturated heterocycles. The fourth-order valence-electron chi connectivity index (χ4n) is 1.34. The summed E-state index contributed by atoms with van der Waals surface area (Å²) < 4.78 is 0. The van der Waals surface area contributed by atoms with Gasteiger partial charge in [0.05, 0.1) is 0 Å². The minimum absolute atomic E-state index is 0.997. The largest absolute Gasteiger partial charge is 0.0620 e. The fraction of sp³-hybridized carbons (Fsp3) is 0.364. The molecule has 59 valence electrons. The third kappa shape index (κ3) is 2.07. The van der Waals surface area contributed by atoms with E-state index in [1.54, 1.807) is 0 Å². The van der Waals surface area contributed by atoms with E-state index in [0.29, 0.717) is 0 Å². The number of rotatable bonds is 3. The maximum atomic E-state index is 3.86. The number of hydrogen-bond acceptors (Lipinski definition) is 0. The Morgan fingerprint density at radius 3 is 2.36 bits per heavy atom. The van der Waals surface area contributed by atoms with E-state index in [9.17, 15) is 0 Å². The Hall–Kier alpha value is -0.780. The van der Waals surface area contributed by atoms with E-state index in [-0.39, 0.29) is 0 Å². The molecular formula is C11H15. The molecule has 11 heavy (non-hydrogen) atoms. The average Bonchev–Trinajstić information content (AvgIpc) is 2.06. The Balaban J connectivity index is 2.83. The zero-order valence-electron chi connectivity index (χ0n) is 7.14. The number of hydrogen-bond donors (Lipinski definition) is 0. The quantitative estimate of drug-likeness (QED) is 0.616. The predicted molar refractivity (Wildman–Crippen MR) is 49.5 cm³/mol. The Labute approximate surface area is 69.3 Å². The monoisotopic (exact) mass is 147 g/mol. The lowest BCUT2D eigenvalue weighted by atomic mass is 10.0. The van der Waals surface area contributed by atoms with Gasteiger partial charge in [-0.3, -0.25) is 0 Å². The van der Waals surface area contributed by atoms with E-state index in [0.717, 1.165) is 19.3 Å². The molecule has 0 spiro atoms. The van der Waals surface area contributed by atoms with Crippen molar-refractivity contribution >= 4 is 0 Å². The predicted octanol–water partition coefficient (Wildman–Crippen LogP) is 3.02. The van der Waals surface area contributed by atoms with Crippen molar-refractivity contribution in [2.24, 2.45) is 0 Å². The molecule has 0 nitrogen and oxygen atoms in total. The molecule has 0 aliphatic carbocycles. The van der Waals surface area contributed by atoms with Gasteiger partial charge in [-0.05, 0) is 30.4 Å². The van der Waals surface area contributed by atoms with Crippen LogP contribution >= 0.6 is 0 Å². The van der Waals surface area contributed by atoms with Gasteiger partial charge in [0.15, 0.2) is 0 Å². The molecule has 0 fully saturated rings. The van der Waals surface area contributed by atoms with Crippen LogP contribution in [0.2, 0.25) is 0 Å². The molecule has 0 N–H and O–H groups in total. The van der Waals surface area contributed by atoms with E-state index >= 15 is 0 Å². The van der Waals surface area contributed by atoms with Crippen LogP contribution in [-0.4, -0.2) is 0 Å². The maximum Gasteiger partial charge on any atom is -0.0276 e. The molecule has 0 bridgehead atoms. The Morgan fingerprint density at radius 1 is 1.18 bits per heavy atom. The van der Waals surface area contributed by atoms with Gasteiger partial charge in [0.2, 0.25) is 0 Å². The van der Waals surface area contributed by atoms with Crippen molar-refractivity contribution in [1.29, 1.82) is 0 Å². The maximum absolute atomic E-state index is 3.86. The highest BCUT2D eigenvalue weighted by molar-refractivity contribution is 5.27. The van der Waals surface area contributed by atoms with Crippen LogP contribution in [-0.2, 0) is 12.8 Å². The topological polar surface area (TPSA) is 0 Å². The van der Waals surface area contributed by atoms with Crippen LogP contribution in [0.1, 0.15) is 24.5 Å². The third-order valence-electron chi connectivity index (χ3n) is 1.95. The Kier molecular flexibility index (Phi) is 3.15. The molecule has 1 rings (SSSR count). The highest BCUT2D eigenvalue weighted by Gasteiger charge is 1.96. The minimum atomic E-state index is 0.997. The van der Waals surface area contributed by atoms with Gasteiger partial charge in [-0.1, -0.05) is 38.1 Å². The van der Waals surface area contributed by atoms with Crippen molar-refractivity contribution in [3.05, 3.63) is 42.3 Å². The molecule has 1 aromatic rings. The van der Waals surface area contributed by atoms with Gasteiger partial charge in [0, 0.05) is 0 Å². The second-order valence-electron chi connectivity index (χ2n) is 2.73. The molecule has 0 amide bonds. The van der Waals surface area contributed by atoms with Crippen LogP contribution in [0.4, 0.5) is 0 Å². The Morgan fingerprint density at radius 2 is 1.82 bits per heavy atom. The summed E-state index contributed by atoms with van der Waals surface area (Å²) in [6, 6.07) is 8.60. The summed E-state index contributed by atoms with van der Waals surface area (Å²) in [6.07, 6.45) is 3.25. The molecular weight excluding hydrogens is 132 g/mol. The first-order chi connectivity index (χ1) is 5.38. The summed E-state index contributed by atoms with van der Waals surface area (Å²) in [5.74, 6) is 0. The molecule has 0 aliphatic heterocycles. The highest BCUT2D eigenvalue weighted by atomic mass is 14.0. The molecule has 1 radical (unpaired) electrons. The van der Waals surface area contributed by atoms with Crippen LogP contribution in [0.5, 0.6) is 0 Å². The van der Waals surface area contributed by atoms with Gasteiger partial charge in [0.1, 0.15) is 0 Å². The first kappa shape index (κ1) is 8.32. The second kappa shape index (κ2) is 4.17. The standard InChI is InChI=1S/C11H15/c1-3-7-11-9-6-5-8-10(11)4-2/h5-6,8-9H,1,3-4,7H2,2H3. The smallest absolute Gasteiger partial charge is 0.0276 e. The molecule has 0 aliphatic rings. The summed E-state index contributed by atoms with van der Waals surface area (Å²) >= 11 is 0. The van der Waals surface area contributed by atoms with Crippen LogP contribution in [0.25, 0.3) is 0 Å². The summed E-state index contributed by atoms with van der Waals surface area (Å²) in [5.41, 5.74) is 2.93. The lowest BCUT2D eigenvalue weighted by Crippen LogP contribution is -1.90. The van der Waals surface area contributed by atoms with E-state index in [2.05, 4.69) is 38.1 Å². The van der Waals surface area contributed by atoms with Crippen LogP contribution in [0.15, 0.2) is 24.3 Å². The van der Waals surface area contributed by atoms with Gasteiger partial charge < -0.3 is 0 Å². The lowest BCUT2D eigenvalue weighted by Gasteiger charge is -2.04. The summed E-state index contributed by atoms with van der Waals surface area (Å²) in [5, 5.41) is 0. The van der Waals surface area contributed by atoms with E-state index in [4.69, 9.17) is 0 Å². The SMILES string of the molecule is [CH2]CCc1ccccc1CC. The number of benzene rings is 1. The van der Waals surface area contributed by atoms with Gasteiger partial charge in [-0.15, -0.1) is 0 Å². The molecule has 0 unspecified atom stereocenters. The number of aryl methyl sites for hydroxylation is 2. The summed E-state index contributed by atoms with van der Waals surface area (Å²) in [4.78, 5) is 0. The van der Waals surface area contributed by atoms with Crippen molar-refractivity contribution in [1.82, 2.24) is 0 Å². The van der Waals surface area contributed by atoms with Crippen molar-refractivity contribution in [3.8, 4) is 0 Å². The molecule has 0 heteroatoms. The highest BCUT2D eigenvalue weighted by Crippen LogP contribution is 2.10. The van der Waals surface area contributed by atoms with Crippen molar-refractivity contribution in [2.75, 3.05) is 0 Å². The zero-order valence-corrected chi connectivity index (χ0v) is 7.14. The molecule has 0 saturated carbocycles. The van der Waals surface area contributed by atoms with Crippen LogP contribution in [0, 0.1) is 6.92 Å². The van der Waals surface area contributed by atoms with Crippen molar-refractivity contribution in [3.63, 3.8) is 0 Å².